The van der Waals surface area contributed by atoms with Crippen molar-refractivity contribution in [1.82, 2.24) is 14.9 Å². The lowest BCUT2D eigenvalue weighted by Crippen LogP contribution is -2.49. The third-order valence-electron chi connectivity index (χ3n) is 5.68. The van der Waals surface area contributed by atoms with Crippen molar-refractivity contribution in [2.45, 2.75) is 36.7 Å². The summed E-state index contributed by atoms with van der Waals surface area (Å²) in [4.78, 5) is 13.0. The highest BCUT2D eigenvalue weighted by molar-refractivity contribution is 7.89. The van der Waals surface area contributed by atoms with Gasteiger partial charge in [0.1, 0.15) is 11.8 Å². The zero-order valence-electron chi connectivity index (χ0n) is 17.9. The van der Waals surface area contributed by atoms with Crippen LogP contribution in [0.25, 0.3) is 0 Å². The SMILES string of the molecule is Cc1ccc(S(=O)(=O)N2CCC(NC(=O)NC(c3ccccc3)c3ccco3)CC2)cc1. The van der Waals surface area contributed by atoms with Crippen molar-refractivity contribution in [1.29, 1.82) is 0 Å². The quantitative estimate of drug-likeness (QED) is 0.593. The number of amides is 2. The maximum Gasteiger partial charge on any atom is 0.315 e. The molecular weight excluding hydrogens is 426 g/mol. The predicted octanol–water partition coefficient (Wildman–Crippen LogP) is 3.83. The van der Waals surface area contributed by atoms with E-state index in [2.05, 4.69) is 10.6 Å². The molecule has 0 bridgehead atoms. The van der Waals surface area contributed by atoms with Gasteiger partial charge in [0.25, 0.3) is 0 Å². The molecule has 4 rings (SSSR count). The van der Waals surface area contributed by atoms with Crippen LogP contribution in [-0.2, 0) is 10.0 Å². The van der Waals surface area contributed by atoms with Gasteiger partial charge in [0.15, 0.2) is 0 Å². The first-order chi connectivity index (χ1) is 15.4. The molecule has 1 atom stereocenters. The summed E-state index contributed by atoms with van der Waals surface area (Å²) in [6, 6.07) is 19.3. The van der Waals surface area contributed by atoms with Gasteiger partial charge < -0.3 is 15.1 Å². The lowest BCUT2D eigenvalue weighted by Gasteiger charge is -2.32. The fourth-order valence-corrected chi connectivity index (χ4v) is 5.35. The molecule has 2 amide bonds. The van der Waals surface area contributed by atoms with Gasteiger partial charge in [-0.3, -0.25) is 0 Å². The number of nitrogens with zero attached hydrogens (tertiary/aromatic N) is 1. The zero-order chi connectivity index (χ0) is 22.6. The number of nitrogens with one attached hydrogen (secondary N) is 2. The largest absolute Gasteiger partial charge is 0.467 e. The summed E-state index contributed by atoms with van der Waals surface area (Å²) in [5, 5.41) is 5.97. The van der Waals surface area contributed by atoms with Crippen molar-refractivity contribution in [3.05, 3.63) is 89.9 Å². The Morgan fingerprint density at radius 3 is 2.31 bits per heavy atom. The molecule has 1 aromatic heterocycles. The van der Waals surface area contributed by atoms with Crippen molar-refractivity contribution in [2.75, 3.05) is 13.1 Å². The summed E-state index contributed by atoms with van der Waals surface area (Å²) in [7, 11) is -3.52. The first kappa shape index (κ1) is 22.1. The van der Waals surface area contributed by atoms with Crippen LogP contribution >= 0.6 is 0 Å². The Morgan fingerprint density at radius 1 is 1.00 bits per heavy atom. The van der Waals surface area contributed by atoms with Crippen LogP contribution in [0.3, 0.4) is 0 Å². The van der Waals surface area contributed by atoms with Gasteiger partial charge in [-0.2, -0.15) is 4.31 Å². The normalized spacial score (nSPS) is 16.4. The summed E-state index contributed by atoms with van der Waals surface area (Å²) in [5.74, 6) is 0.644. The second kappa shape index (κ2) is 9.58. The highest BCUT2D eigenvalue weighted by Crippen LogP contribution is 2.23. The van der Waals surface area contributed by atoms with E-state index in [-0.39, 0.29) is 12.1 Å². The molecule has 32 heavy (non-hydrogen) atoms. The van der Waals surface area contributed by atoms with E-state index in [0.717, 1.165) is 11.1 Å². The lowest BCUT2D eigenvalue weighted by atomic mass is 10.0. The Labute approximate surface area is 188 Å². The molecule has 1 unspecified atom stereocenters. The molecule has 8 heteroatoms. The van der Waals surface area contributed by atoms with E-state index in [0.29, 0.717) is 36.6 Å². The zero-order valence-corrected chi connectivity index (χ0v) is 18.7. The summed E-state index contributed by atoms with van der Waals surface area (Å²) in [5.41, 5.74) is 1.93. The number of hydrogen-bond donors (Lipinski definition) is 2. The van der Waals surface area contributed by atoms with E-state index < -0.39 is 16.1 Å². The van der Waals surface area contributed by atoms with E-state index in [1.807, 2.05) is 43.3 Å². The highest BCUT2D eigenvalue weighted by Gasteiger charge is 2.30. The number of benzene rings is 2. The molecule has 2 heterocycles. The molecule has 2 N–H and O–H groups in total. The molecular formula is C24H27N3O4S. The van der Waals surface area contributed by atoms with Crippen LogP contribution in [0.1, 0.15) is 35.8 Å². The van der Waals surface area contributed by atoms with Crippen molar-refractivity contribution < 1.29 is 17.6 Å². The highest BCUT2D eigenvalue weighted by atomic mass is 32.2. The summed E-state index contributed by atoms with van der Waals surface area (Å²) >= 11 is 0. The molecule has 0 radical (unpaired) electrons. The molecule has 1 aliphatic rings. The number of carbonyl (C=O) groups excluding carboxylic acids is 1. The monoisotopic (exact) mass is 453 g/mol. The molecule has 1 aliphatic heterocycles. The molecule has 0 saturated carbocycles. The van der Waals surface area contributed by atoms with Gasteiger partial charge in [-0.15, -0.1) is 0 Å². The first-order valence-electron chi connectivity index (χ1n) is 10.7. The topological polar surface area (TPSA) is 91.7 Å². The van der Waals surface area contributed by atoms with Gasteiger partial charge in [-0.25, -0.2) is 13.2 Å². The van der Waals surface area contributed by atoms with Crippen LogP contribution in [0.5, 0.6) is 0 Å². The van der Waals surface area contributed by atoms with Crippen molar-refractivity contribution in [3.63, 3.8) is 0 Å². The minimum absolute atomic E-state index is 0.104. The molecule has 3 aromatic rings. The predicted molar refractivity (Wildman–Crippen MR) is 122 cm³/mol. The van der Waals surface area contributed by atoms with Gasteiger partial charge in [0.05, 0.1) is 11.2 Å². The Bertz CT molecular complexity index is 1120. The number of aryl methyl sites for hydroxylation is 1. The van der Waals surface area contributed by atoms with Gasteiger partial charge in [-0.05, 0) is 49.6 Å². The average molecular weight is 454 g/mol. The Hall–Kier alpha value is -3.10. The van der Waals surface area contributed by atoms with Gasteiger partial charge in [-0.1, -0.05) is 48.0 Å². The number of hydrogen-bond acceptors (Lipinski definition) is 4. The lowest BCUT2D eigenvalue weighted by molar-refractivity contribution is 0.224. The molecule has 7 nitrogen and oxygen atoms in total. The molecule has 0 aliphatic carbocycles. The molecule has 168 valence electrons. The van der Waals surface area contributed by atoms with E-state index in [9.17, 15) is 13.2 Å². The Kier molecular flexibility index (Phi) is 6.62. The van der Waals surface area contributed by atoms with Crippen LogP contribution in [0.2, 0.25) is 0 Å². The average Bonchev–Trinajstić information content (AvgIpc) is 3.33. The number of urea groups is 1. The van der Waals surface area contributed by atoms with Crippen LogP contribution in [0.15, 0.2) is 82.3 Å². The Balaban J connectivity index is 1.35. The number of piperidine rings is 1. The second-order valence-electron chi connectivity index (χ2n) is 7.97. The van der Waals surface area contributed by atoms with Crippen molar-refractivity contribution in [3.8, 4) is 0 Å². The molecule has 1 saturated heterocycles. The molecule has 2 aromatic carbocycles. The number of rotatable bonds is 6. The third kappa shape index (κ3) is 5.03. The van der Waals surface area contributed by atoms with Crippen LogP contribution in [-0.4, -0.2) is 37.9 Å². The van der Waals surface area contributed by atoms with Gasteiger partial charge in [0.2, 0.25) is 10.0 Å². The maximum atomic E-state index is 12.9. The summed E-state index contributed by atoms with van der Waals surface area (Å²) in [6.45, 7) is 2.65. The standard InChI is InChI=1S/C24H27N3O4S/c1-18-9-11-21(12-10-18)32(29,30)27-15-13-20(14-16-27)25-24(28)26-23(22-8-5-17-31-22)19-6-3-2-4-7-19/h2-12,17,20,23H,13-16H2,1H3,(H2,25,26,28). The number of furan rings is 1. The second-order valence-corrected chi connectivity index (χ2v) is 9.91. The summed E-state index contributed by atoms with van der Waals surface area (Å²) in [6.07, 6.45) is 2.68. The van der Waals surface area contributed by atoms with Gasteiger partial charge in [0, 0.05) is 19.1 Å². The Morgan fingerprint density at radius 2 is 1.69 bits per heavy atom. The maximum absolute atomic E-state index is 12.9. The van der Waals surface area contributed by atoms with E-state index in [4.69, 9.17) is 4.42 Å². The third-order valence-corrected chi connectivity index (χ3v) is 7.60. The molecule has 0 spiro atoms. The summed E-state index contributed by atoms with van der Waals surface area (Å²) < 4.78 is 32.8. The van der Waals surface area contributed by atoms with Crippen LogP contribution in [0.4, 0.5) is 4.79 Å². The van der Waals surface area contributed by atoms with Crippen LogP contribution in [0, 0.1) is 6.92 Å². The smallest absolute Gasteiger partial charge is 0.315 e. The van der Waals surface area contributed by atoms with Crippen molar-refractivity contribution in [2.24, 2.45) is 0 Å². The molecule has 1 fully saturated rings. The van der Waals surface area contributed by atoms with E-state index >= 15 is 0 Å². The fraction of sp³-hybridized carbons (Fsp3) is 0.292. The fourth-order valence-electron chi connectivity index (χ4n) is 3.88. The van der Waals surface area contributed by atoms with Crippen molar-refractivity contribution >= 4 is 16.1 Å². The minimum Gasteiger partial charge on any atom is -0.467 e. The first-order valence-corrected chi connectivity index (χ1v) is 12.1. The van der Waals surface area contributed by atoms with Gasteiger partial charge >= 0.3 is 6.03 Å². The van der Waals surface area contributed by atoms with Crippen LogP contribution < -0.4 is 10.6 Å². The number of sulfonamides is 1. The van der Waals surface area contributed by atoms with E-state index in [1.54, 1.807) is 36.6 Å². The van der Waals surface area contributed by atoms with E-state index in [1.165, 1.54) is 4.31 Å². The number of carbonyl (C=O) groups is 1. The minimum atomic E-state index is -3.52.